The standard InChI is InChI=1S/C24H24F3NO/c25-24(26,27)19-7-5-18(6-8-19)20-3-1-2-4-21(20)22(29)28-23-12-15-9-16(13-23)11-17(10-15)14-23/h1-8,15-17H,9-14H2,(H,28,29). The van der Waals surface area contributed by atoms with Crippen molar-refractivity contribution in [1.82, 2.24) is 5.32 Å². The third kappa shape index (κ3) is 3.45. The third-order valence-electron chi connectivity index (χ3n) is 7.11. The van der Waals surface area contributed by atoms with Gasteiger partial charge in [-0.15, -0.1) is 0 Å². The maximum Gasteiger partial charge on any atom is 0.416 e. The first kappa shape index (κ1) is 18.7. The minimum Gasteiger partial charge on any atom is -0.347 e. The highest BCUT2D eigenvalue weighted by atomic mass is 19.4. The van der Waals surface area contributed by atoms with Crippen LogP contribution in [-0.4, -0.2) is 11.4 Å². The van der Waals surface area contributed by atoms with Gasteiger partial charge in [-0.05, 0) is 85.6 Å². The SMILES string of the molecule is O=C(NC12CC3CC(CC(C3)C1)C2)c1ccccc1-c1ccc(C(F)(F)F)cc1. The van der Waals surface area contributed by atoms with Gasteiger partial charge in [0.15, 0.2) is 0 Å². The monoisotopic (exact) mass is 399 g/mol. The number of benzene rings is 2. The number of nitrogens with one attached hydrogen (secondary N) is 1. The number of carbonyl (C=O) groups is 1. The lowest BCUT2D eigenvalue weighted by molar-refractivity contribution is -0.137. The second-order valence-electron chi connectivity index (χ2n) is 9.27. The first-order chi connectivity index (χ1) is 13.8. The minimum absolute atomic E-state index is 0.0981. The van der Waals surface area contributed by atoms with Gasteiger partial charge in [0.25, 0.3) is 5.91 Å². The van der Waals surface area contributed by atoms with Crippen LogP contribution in [0.25, 0.3) is 11.1 Å². The molecule has 2 aromatic carbocycles. The summed E-state index contributed by atoms with van der Waals surface area (Å²) in [5.41, 5.74) is 1.04. The van der Waals surface area contributed by atoms with Gasteiger partial charge in [-0.1, -0.05) is 30.3 Å². The Kier molecular flexibility index (Phi) is 4.27. The predicted octanol–water partition coefficient (Wildman–Crippen LogP) is 6.07. The van der Waals surface area contributed by atoms with E-state index < -0.39 is 11.7 Å². The van der Waals surface area contributed by atoms with E-state index in [0.717, 1.165) is 49.1 Å². The van der Waals surface area contributed by atoms with Crippen molar-refractivity contribution < 1.29 is 18.0 Å². The molecule has 1 amide bonds. The fraction of sp³-hybridized carbons (Fsp3) is 0.458. The molecule has 2 nitrogen and oxygen atoms in total. The second-order valence-corrected chi connectivity index (χ2v) is 9.27. The molecule has 152 valence electrons. The van der Waals surface area contributed by atoms with Gasteiger partial charge in [0.2, 0.25) is 0 Å². The molecule has 0 aliphatic heterocycles. The van der Waals surface area contributed by atoms with E-state index in [2.05, 4.69) is 5.32 Å². The van der Waals surface area contributed by atoms with Crippen molar-refractivity contribution in [2.75, 3.05) is 0 Å². The fourth-order valence-electron chi connectivity index (χ4n) is 6.34. The van der Waals surface area contributed by atoms with Crippen LogP contribution in [0.3, 0.4) is 0 Å². The van der Waals surface area contributed by atoms with Crippen LogP contribution in [0.1, 0.15) is 54.4 Å². The Morgan fingerprint density at radius 2 is 1.41 bits per heavy atom. The van der Waals surface area contributed by atoms with Crippen molar-refractivity contribution in [3.63, 3.8) is 0 Å². The predicted molar refractivity (Wildman–Crippen MR) is 105 cm³/mol. The van der Waals surface area contributed by atoms with Gasteiger partial charge in [-0.25, -0.2) is 0 Å². The van der Waals surface area contributed by atoms with E-state index in [-0.39, 0.29) is 11.4 Å². The number of hydrogen-bond donors (Lipinski definition) is 1. The molecule has 4 aliphatic carbocycles. The Balaban J connectivity index is 1.42. The van der Waals surface area contributed by atoms with Crippen LogP contribution in [0.2, 0.25) is 0 Å². The van der Waals surface area contributed by atoms with Crippen molar-refractivity contribution in [2.45, 2.75) is 50.2 Å². The first-order valence-corrected chi connectivity index (χ1v) is 10.4. The summed E-state index contributed by atoms with van der Waals surface area (Å²) in [5.74, 6) is 2.08. The van der Waals surface area contributed by atoms with Gasteiger partial charge in [0.1, 0.15) is 0 Å². The summed E-state index contributed by atoms with van der Waals surface area (Å²) < 4.78 is 38.6. The molecule has 5 heteroatoms. The third-order valence-corrected chi connectivity index (χ3v) is 7.11. The zero-order valence-electron chi connectivity index (χ0n) is 16.1. The Bertz CT molecular complexity index is 897. The molecule has 0 unspecified atom stereocenters. The zero-order chi connectivity index (χ0) is 20.2. The quantitative estimate of drug-likeness (QED) is 0.667. The molecule has 0 aromatic heterocycles. The van der Waals surface area contributed by atoms with Gasteiger partial charge < -0.3 is 5.32 Å². The smallest absolute Gasteiger partial charge is 0.347 e. The minimum atomic E-state index is -4.37. The van der Waals surface area contributed by atoms with E-state index in [0.29, 0.717) is 16.7 Å². The van der Waals surface area contributed by atoms with Crippen molar-refractivity contribution in [3.8, 4) is 11.1 Å². The van der Waals surface area contributed by atoms with E-state index in [9.17, 15) is 18.0 Å². The lowest BCUT2D eigenvalue weighted by atomic mass is 9.53. The second kappa shape index (κ2) is 6.61. The molecule has 4 bridgehead atoms. The number of hydrogen-bond acceptors (Lipinski definition) is 1. The molecule has 0 atom stereocenters. The Morgan fingerprint density at radius 3 is 1.97 bits per heavy atom. The Labute approximate surface area is 168 Å². The van der Waals surface area contributed by atoms with E-state index in [1.165, 1.54) is 31.4 Å². The lowest BCUT2D eigenvalue weighted by Gasteiger charge is -2.56. The number of alkyl halides is 3. The van der Waals surface area contributed by atoms with Crippen LogP contribution in [0.5, 0.6) is 0 Å². The molecule has 2 aromatic rings. The van der Waals surface area contributed by atoms with Crippen molar-refractivity contribution in [2.24, 2.45) is 17.8 Å². The lowest BCUT2D eigenvalue weighted by Crippen LogP contribution is -2.59. The van der Waals surface area contributed by atoms with Gasteiger partial charge >= 0.3 is 6.18 Å². The van der Waals surface area contributed by atoms with Crippen LogP contribution in [0.4, 0.5) is 13.2 Å². The summed E-state index contributed by atoms with van der Waals surface area (Å²) in [5, 5.41) is 3.37. The van der Waals surface area contributed by atoms with E-state index >= 15 is 0 Å². The molecule has 0 saturated heterocycles. The van der Waals surface area contributed by atoms with E-state index in [1.54, 1.807) is 12.1 Å². The van der Waals surface area contributed by atoms with Crippen LogP contribution in [-0.2, 0) is 6.18 Å². The van der Waals surface area contributed by atoms with Gasteiger partial charge in [-0.2, -0.15) is 13.2 Å². The van der Waals surface area contributed by atoms with Crippen molar-refractivity contribution in [1.29, 1.82) is 0 Å². The van der Waals surface area contributed by atoms with Crippen LogP contribution >= 0.6 is 0 Å². The van der Waals surface area contributed by atoms with Gasteiger partial charge in [0, 0.05) is 11.1 Å². The van der Waals surface area contributed by atoms with E-state index in [4.69, 9.17) is 0 Å². The average Bonchev–Trinajstić information content (AvgIpc) is 2.66. The molecule has 0 spiro atoms. The summed E-state index contributed by atoms with van der Waals surface area (Å²) in [6, 6.07) is 12.2. The zero-order valence-corrected chi connectivity index (χ0v) is 16.1. The fourth-order valence-corrected chi connectivity index (χ4v) is 6.34. The summed E-state index contributed by atoms with van der Waals surface area (Å²) in [6.45, 7) is 0. The maximum atomic E-state index is 13.3. The van der Waals surface area contributed by atoms with Gasteiger partial charge in [-0.3, -0.25) is 4.79 Å². The Hall–Kier alpha value is -2.30. The number of carbonyl (C=O) groups excluding carboxylic acids is 1. The van der Waals surface area contributed by atoms with E-state index in [1.807, 2.05) is 12.1 Å². The summed E-state index contributed by atoms with van der Waals surface area (Å²) in [6.07, 6.45) is 2.73. The van der Waals surface area contributed by atoms with Crippen molar-refractivity contribution in [3.05, 3.63) is 59.7 Å². The van der Waals surface area contributed by atoms with Crippen molar-refractivity contribution >= 4 is 5.91 Å². The summed E-state index contributed by atoms with van der Waals surface area (Å²) in [7, 11) is 0. The summed E-state index contributed by atoms with van der Waals surface area (Å²) >= 11 is 0. The van der Waals surface area contributed by atoms with Crippen LogP contribution in [0.15, 0.2) is 48.5 Å². The molecule has 1 N–H and O–H groups in total. The summed E-state index contributed by atoms with van der Waals surface area (Å²) in [4.78, 5) is 13.3. The average molecular weight is 399 g/mol. The molecule has 4 aliphatic rings. The topological polar surface area (TPSA) is 29.1 Å². The highest BCUT2D eigenvalue weighted by Gasteiger charge is 2.51. The molecule has 29 heavy (non-hydrogen) atoms. The number of rotatable bonds is 3. The molecule has 4 fully saturated rings. The highest BCUT2D eigenvalue weighted by Crippen LogP contribution is 2.55. The Morgan fingerprint density at radius 1 is 0.862 bits per heavy atom. The van der Waals surface area contributed by atoms with Crippen LogP contribution < -0.4 is 5.32 Å². The van der Waals surface area contributed by atoms with Crippen LogP contribution in [0, 0.1) is 17.8 Å². The normalized spacial score (nSPS) is 30.4. The largest absolute Gasteiger partial charge is 0.416 e. The molecular weight excluding hydrogens is 375 g/mol. The molecule has 6 rings (SSSR count). The molecule has 4 saturated carbocycles. The maximum absolute atomic E-state index is 13.3. The van der Waals surface area contributed by atoms with Gasteiger partial charge in [0.05, 0.1) is 5.56 Å². The number of amides is 1. The molecule has 0 radical (unpaired) electrons. The first-order valence-electron chi connectivity index (χ1n) is 10.4. The molecular formula is C24H24F3NO. The number of halogens is 3. The highest BCUT2D eigenvalue weighted by molar-refractivity contribution is 6.01. The molecule has 0 heterocycles.